The first-order chi connectivity index (χ1) is 13.6. The third-order valence-electron chi connectivity index (χ3n) is 4.10. The lowest BCUT2D eigenvalue weighted by molar-refractivity contribution is 0.100. The molecular formula is C20H16N6OS. The number of hydrogen-bond acceptors (Lipinski definition) is 7. The lowest BCUT2D eigenvalue weighted by atomic mass is 10.1. The van der Waals surface area contributed by atoms with Gasteiger partial charge in [-0.15, -0.1) is 0 Å². The summed E-state index contributed by atoms with van der Waals surface area (Å²) in [5.41, 5.74) is 9.02. The fourth-order valence-corrected chi connectivity index (χ4v) is 3.24. The van der Waals surface area contributed by atoms with Crippen molar-refractivity contribution in [3.05, 3.63) is 72.1 Å². The molecule has 0 unspecified atom stereocenters. The summed E-state index contributed by atoms with van der Waals surface area (Å²) in [5, 5.41) is 3.93. The Labute approximate surface area is 165 Å². The highest BCUT2D eigenvalue weighted by atomic mass is 32.1. The Balaban J connectivity index is 1.57. The third-order valence-corrected chi connectivity index (χ3v) is 4.73. The first-order valence-corrected chi connectivity index (χ1v) is 9.27. The van der Waals surface area contributed by atoms with Gasteiger partial charge in [-0.25, -0.2) is 9.97 Å². The molecule has 0 fully saturated rings. The van der Waals surface area contributed by atoms with E-state index in [0.29, 0.717) is 22.3 Å². The van der Waals surface area contributed by atoms with E-state index in [1.165, 1.54) is 11.5 Å². The molecule has 0 spiro atoms. The minimum atomic E-state index is -0.464. The van der Waals surface area contributed by atoms with Gasteiger partial charge < -0.3 is 11.1 Å². The van der Waals surface area contributed by atoms with Gasteiger partial charge in [-0.3, -0.25) is 4.79 Å². The topological polar surface area (TPSA) is 107 Å². The summed E-state index contributed by atoms with van der Waals surface area (Å²) in [4.78, 5) is 24.7. The van der Waals surface area contributed by atoms with Gasteiger partial charge in [-0.2, -0.15) is 9.36 Å². The second-order valence-corrected chi connectivity index (χ2v) is 6.80. The van der Waals surface area contributed by atoms with Crippen LogP contribution in [0.4, 0.5) is 10.8 Å². The van der Waals surface area contributed by atoms with Crippen LogP contribution in [0.5, 0.6) is 0 Å². The highest BCUT2D eigenvalue weighted by Gasteiger charge is 2.13. The molecule has 28 heavy (non-hydrogen) atoms. The molecule has 138 valence electrons. The van der Waals surface area contributed by atoms with E-state index in [0.717, 1.165) is 22.5 Å². The van der Waals surface area contributed by atoms with Gasteiger partial charge in [0, 0.05) is 34.5 Å². The molecular weight excluding hydrogens is 372 g/mol. The maximum Gasteiger partial charge on any atom is 0.248 e. The fraction of sp³-hybridized carbons (Fsp3) is 0.0500. The Morgan fingerprint density at radius 3 is 2.43 bits per heavy atom. The molecule has 0 saturated carbocycles. The van der Waals surface area contributed by atoms with E-state index in [4.69, 9.17) is 5.73 Å². The number of carbonyl (C=O) groups is 1. The molecule has 2 aromatic carbocycles. The summed E-state index contributed by atoms with van der Waals surface area (Å²) >= 11 is 1.28. The van der Waals surface area contributed by atoms with Crippen LogP contribution in [0, 0.1) is 6.92 Å². The number of para-hydroxylation sites is 1. The van der Waals surface area contributed by atoms with Crippen LogP contribution in [-0.4, -0.2) is 25.2 Å². The molecule has 0 aliphatic carbocycles. The number of aryl methyl sites for hydroxylation is 1. The Morgan fingerprint density at radius 1 is 1.00 bits per heavy atom. The molecule has 4 aromatic rings. The summed E-state index contributed by atoms with van der Waals surface area (Å²) < 4.78 is 4.41. The van der Waals surface area contributed by atoms with Gasteiger partial charge in [0.1, 0.15) is 0 Å². The number of nitrogens with one attached hydrogen (secondary N) is 1. The number of benzene rings is 2. The van der Waals surface area contributed by atoms with E-state index in [-0.39, 0.29) is 0 Å². The number of primary amides is 1. The first kappa shape index (κ1) is 17.7. The standard InChI is InChI=1S/C20H16N6OS/c1-12-16(19-25-20(28-26-19)24-15-5-3-2-4-6-15)11-22-18(23-12)14-9-7-13(8-10-14)17(21)27/h2-11H,1H3,(H2,21,27)(H,24,25,26). The van der Waals surface area contributed by atoms with Crippen molar-refractivity contribution in [2.45, 2.75) is 6.92 Å². The van der Waals surface area contributed by atoms with Crippen molar-refractivity contribution in [1.29, 1.82) is 0 Å². The number of carbonyl (C=O) groups excluding carboxylic acids is 1. The molecule has 7 nitrogen and oxygen atoms in total. The van der Waals surface area contributed by atoms with E-state index in [1.807, 2.05) is 37.3 Å². The quantitative estimate of drug-likeness (QED) is 0.538. The van der Waals surface area contributed by atoms with E-state index < -0.39 is 5.91 Å². The van der Waals surface area contributed by atoms with Crippen molar-refractivity contribution in [2.75, 3.05) is 5.32 Å². The highest BCUT2D eigenvalue weighted by molar-refractivity contribution is 7.09. The summed E-state index contributed by atoms with van der Waals surface area (Å²) in [7, 11) is 0. The van der Waals surface area contributed by atoms with Crippen LogP contribution in [0.2, 0.25) is 0 Å². The molecule has 0 atom stereocenters. The van der Waals surface area contributed by atoms with Crippen molar-refractivity contribution in [3.8, 4) is 22.8 Å². The van der Waals surface area contributed by atoms with Gasteiger partial charge in [0.2, 0.25) is 11.0 Å². The van der Waals surface area contributed by atoms with Gasteiger partial charge in [0.25, 0.3) is 0 Å². The van der Waals surface area contributed by atoms with E-state index in [9.17, 15) is 4.79 Å². The molecule has 2 aromatic heterocycles. The Hall–Kier alpha value is -3.65. The summed E-state index contributed by atoms with van der Waals surface area (Å²) in [6.07, 6.45) is 1.72. The highest BCUT2D eigenvalue weighted by Crippen LogP contribution is 2.26. The number of nitrogens with two attached hydrogens (primary N) is 1. The molecule has 0 bridgehead atoms. The molecule has 1 amide bonds. The lowest BCUT2D eigenvalue weighted by Gasteiger charge is -2.05. The van der Waals surface area contributed by atoms with Crippen molar-refractivity contribution in [2.24, 2.45) is 5.73 Å². The number of rotatable bonds is 5. The zero-order valence-corrected chi connectivity index (χ0v) is 15.8. The van der Waals surface area contributed by atoms with Gasteiger partial charge in [0.15, 0.2) is 11.6 Å². The van der Waals surface area contributed by atoms with Gasteiger partial charge in [-0.1, -0.05) is 30.3 Å². The molecule has 4 rings (SSSR count). The minimum Gasteiger partial charge on any atom is -0.366 e. The predicted molar refractivity (Wildman–Crippen MR) is 109 cm³/mol. The largest absolute Gasteiger partial charge is 0.366 e. The maximum absolute atomic E-state index is 11.2. The number of hydrogen-bond donors (Lipinski definition) is 2. The van der Waals surface area contributed by atoms with Crippen molar-refractivity contribution < 1.29 is 4.79 Å². The van der Waals surface area contributed by atoms with Crippen molar-refractivity contribution in [1.82, 2.24) is 19.3 Å². The van der Waals surface area contributed by atoms with Gasteiger partial charge >= 0.3 is 0 Å². The first-order valence-electron chi connectivity index (χ1n) is 8.50. The van der Waals surface area contributed by atoms with Crippen LogP contribution >= 0.6 is 11.5 Å². The Morgan fingerprint density at radius 2 is 1.75 bits per heavy atom. The lowest BCUT2D eigenvalue weighted by Crippen LogP contribution is -2.10. The maximum atomic E-state index is 11.2. The van der Waals surface area contributed by atoms with Crippen LogP contribution in [0.1, 0.15) is 16.1 Å². The van der Waals surface area contributed by atoms with Gasteiger partial charge in [-0.05, 0) is 31.2 Å². The second kappa shape index (κ2) is 7.53. The van der Waals surface area contributed by atoms with E-state index in [2.05, 4.69) is 24.6 Å². The number of amides is 1. The SMILES string of the molecule is Cc1nc(-c2ccc(C(N)=O)cc2)ncc1-c1nsc(Nc2ccccc2)n1. The third kappa shape index (κ3) is 3.72. The molecule has 0 saturated heterocycles. The molecule has 2 heterocycles. The molecule has 0 radical (unpaired) electrons. The van der Waals surface area contributed by atoms with Crippen LogP contribution < -0.4 is 11.1 Å². The molecule has 0 aliphatic heterocycles. The summed E-state index contributed by atoms with van der Waals surface area (Å²) in [6.45, 7) is 1.89. The van der Waals surface area contributed by atoms with E-state index in [1.54, 1.807) is 30.5 Å². The average molecular weight is 388 g/mol. The van der Waals surface area contributed by atoms with Crippen molar-refractivity contribution >= 4 is 28.3 Å². The van der Waals surface area contributed by atoms with Crippen LogP contribution in [0.3, 0.4) is 0 Å². The fourth-order valence-electron chi connectivity index (χ4n) is 2.64. The zero-order chi connectivity index (χ0) is 19.5. The summed E-state index contributed by atoms with van der Waals surface area (Å²) in [6, 6.07) is 16.7. The Bertz CT molecular complexity index is 1130. The van der Waals surface area contributed by atoms with Crippen LogP contribution in [0.15, 0.2) is 60.8 Å². The smallest absolute Gasteiger partial charge is 0.248 e. The summed E-state index contributed by atoms with van der Waals surface area (Å²) in [5.74, 6) is 0.681. The van der Waals surface area contributed by atoms with Crippen LogP contribution in [-0.2, 0) is 0 Å². The van der Waals surface area contributed by atoms with Crippen LogP contribution in [0.25, 0.3) is 22.8 Å². The number of nitrogens with zero attached hydrogens (tertiary/aromatic N) is 4. The minimum absolute atomic E-state index is 0.446. The molecule has 0 aliphatic rings. The second-order valence-electron chi connectivity index (χ2n) is 6.05. The normalized spacial score (nSPS) is 10.6. The molecule has 3 N–H and O–H groups in total. The van der Waals surface area contributed by atoms with Gasteiger partial charge in [0.05, 0.1) is 11.3 Å². The monoisotopic (exact) mass is 388 g/mol. The molecule has 8 heteroatoms. The van der Waals surface area contributed by atoms with E-state index >= 15 is 0 Å². The number of anilines is 2. The zero-order valence-electron chi connectivity index (χ0n) is 15.0. The predicted octanol–water partition coefficient (Wildman–Crippen LogP) is 3.81. The Kier molecular flexibility index (Phi) is 4.77. The average Bonchev–Trinajstić information content (AvgIpc) is 3.17. The number of aromatic nitrogens is 4. The van der Waals surface area contributed by atoms with Crippen molar-refractivity contribution in [3.63, 3.8) is 0 Å².